The van der Waals surface area contributed by atoms with Crippen molar-refractivity contribution in [2.75, 3.05) is 20.3 Å². The van der Waals surface area contributed by atoms with E-state index in [4.69, 9.17) is 9.57 Å². The fourth-order valence-corrected chi connectivity index (χ4v) is 2.56. The van der Waals surface area contributed by atoms with Gasteiger partial charge in [-0.15, -0.1) is 0 Å². The van der Waals surface area contributed by atoms with Gasteiger partial charge in [-0.2, -0.15) is 5.06 Å². The summed E-state index contributed by atoms with van der Waals surface area (Å²) in [5, 5.41) is 1.16. The third-order valence-electron chi connectivity index (χ3n) is 3.51. The molecule has 0 aliphatic heterocycles. The summed E-state index contributed by atoms with van der Waals surface area (Å²) in [5.41, 5.74) is 0. The van der Waals surface area contributed by atoms with Gasteiger partial charge < -0.3 is 17.1 Å². The molecule has 0 fully saturated rings. The van der Waals surface area contributed by atoms with Gasteiger partial charge >= 0.3 is 0 Å². The summed E-state index contributed by atoms with van der Waals surface area (Å²) >= 11 is 0. The van der Waals surface area contributed by atoms with Crippen LogP contribution in [0.1, 0.15) is 40.5 Å². The molecule has 22 heavy (non-hydrogen) atoms. The van der Waals surface area contributed by atoms with Crippen molar-refractivity contribution in [2.24, 2.45) is 11.8 Å². The molecule has 3 nitrogen and oxygen atoms in total. The average Bonchev–Trinajstić information content (AvgIpc) is 2.43. The first kappa shape index (κ1) is 21.2. The van der Waals surface area contributed by atoms with Crippen LogP contribution in [0.4, 0.5) is 0 Å². The van der Waals surface area contributed by atoms with Crippen LogP contribution in [0.5, 0.6) is 5.75 Å². The Balaban J connectivity index is 0.00000441. The fourth-order valence-electron chi connectivity index (χ4n) is 2.56. The number of para-hydroxylation sites is 1. The summed E-state index contributed by atoms with van der Waals surface area (Å²) in [5.74, 6) is 2.31. The Bertz CT molecular complexity index is 361. The Hall–Kier alpha value is -0.770. The lowest BCUT2D eigenvalue weighted by Gasteiger charge is -2.26. The number of rotatable bonds is 10. The lowest BCUT2D eigenvalue weighted by Crippen LogP contribution is -3.12. The van der Waals surface area contributed by atoms with Crippen molar-refractivity contribution >= 4 is 0 Å². The zero-order valence-electron chi connectivity index (χ0n) is 14.6. The van der Waals surface area contributed by atoms with E-state index in [1.54, 1.807) is 0 Å². The average molecular weight is 330 g/mol. The third kappa shape index (κ3) is 9.29. The molecule has 0 bridgehead atoms. The molecule has 0 saturated carbocycles. The Kier molecular flexibility index (Phi) is 11.3. The highest BCUT2D eigenvalue weighted by atomic mass is 35.5. The van der Waals surface area contributed by atoms with Gasteiger partial charge in [0.05, 0.1) is 7.05 Å². The molecule has 128 valence electrons. The minimum absolute atomic E-state index is 0. The minimum atomic E-state index is 0. The molecule has 0 spiro atoms. The van der Waals surface area contributed by atoms with Crippen LogP contribution >= 0.6 is 0 Å². The second kappa shape index (κ2) is 11.8. The molecule has 1 aromatic carbocycles. The molecule has 1 atom stereocenters. The van der Waals surface area contributed by atoms with Crippen molar-refractivity contribution in [3.63, 3.8) is 0 Å². The van der Waals surface area contributed by atoms with Gasteiger partial charge in [-0.1, -0.05) is 45.9 Å². The maximum atomic E-state index is 5.92. The van der Waals surface area contributed by atoms with Crippen LogP contribution < -0.4 is 22.2 Å². The fraction of sp³-hybridized carbons (Fsp3) is 0.667. The van der Waals surface area contributed by atoms with Crippen LogP contribution in [0.25, 0.3) is 0 Å². The van der Waals surface area contributed by atoms with Gasteiger partial charge in [0.2, 0.25) is 0 Å². The van der Waals surface area contributed by atoms with Gasteiger partial charge in [0.15, 0.2) is 0 Å². The molecule has 0 aliphatic carbocycles. The zero-order chi connectivity index (χ0) is 15.7. The van der Waals surface area contributed by atoms with Crippen molar-refractivity contribution in [3.8, 4) is 5.75 Å². The molecule has 1 N–H and O–H groups in total. The van der Waals surface area contributed by atoms with Gasteiger partial charge in [-0.05, 0) is 24.0 Å². The van der Waals surface area contributed by atoms with Crippen LogP contribution in [0, 0.1) is 11.8 Å². The van der Waals surface area contributed by atoms with Gasteiger partial charge in [0, 0.05) is 12.8 Å². The predicted molar refractivity (Wildman–Crippen MR) is 87.5 cm³/mol. The van der Waals surface area contributed by atoms with E-state index < -0.39 is 0 Å². The largest absolute Gasteiger partial charge is 1.00 e. The van der Waals surface area contributed by atoms with Crippen molar-refractivity contribution < 1.29 is 27.0 Å². The second-order valence-electron chi connectivity index (χ2n) is 6.58. The van der Waals surface area contributed by atoms with Gasteiger partial charge in [-0.3, -0.25) is 0 Å². The molecule has 0 aliphatic rings. The van der Waals surface area contributed by atoms with E-state index in [0.717, 1.165) is 10.8 Å². The molecule has 0 heterocycles. The Morgan fingerprint density at radius 1 is 0.909 bits per heavy atom. The molecule has 0 aromatic heterocycles. The van der Waals surface area contributed by atoms with E-state index in [1.165, 1.54) is 12.8 Å². The van der Waals surface area contributed by atoms with Crippen LogP contribution in [0.15, 0.2) is 30.3 Å². The van der Waals surface area contributed by atoms with Crippen molar-refractivity contribution in [1.82, 2.24) is 0 Å². The Labute approximate surface area is 142 Å². The monoisotopic (exact) mass is 329 g/mol. The van der Waals surface area contributed by atoms with E-state index in [0.29, 0.717) is 31.1 Å². The highest BCUT2D eigenvalue weighted by Crippen LogP contribution is 2.11. The van der Waals surface area contributed by atoms with Crippen LogP contribution in [-0.4, -0.2) is 26.3 Å². The molecular weight excluding hydrogens is 298 g/mol. The summed E-state index contributed by atoms with van der Waals surface area (Å²) in [4.78, 5) is 5.92. The van der Waals surface area contributed by atoms with E-state index in [9.17, 15) is 0 Å². The molecule has 0 saturated heterocycles. The molecule has 0 amide bonds. The summed E-state index contributed by atoms with van der Waals surface area (Å²) in [6.45, 7) is 10.3. The highest BCUT2D eigenvalue weighted by molar-refractivity contribution is 5.20. The first-order valence-corrected chi connectivity index (χ1v) is 8.13. The molecule has 4 heteroatoms. The van der Waals surface area contributed by atoms with Crippen molar-refractivity contribution in [3.05, 3.63) is 30.3 Å². The molecular formula is C18H32ClNO2. The van der Waals surface area contributed by atoms with Crippen molar-refractivity contribution in [2.45, 2.75) is 46.6 Å². The van der Waals surface area contributed by atoms with E-state index in [2.05, 4.69) is 34.7 Å². The summed E-state index contributed by atoms with van der Waals surface area (Å²) in [6.07, 6.45) is 2.40. The summed E-state index contributed by atoms with van der Waals surface area (Å²) in [7, 11) is 2.12. The summed E-state index contributed by atoms with van der Waals surface area (Å²) in [6, 6.07) is 10.4. The molecule has 1 unspecified atom stereocenters. The Morgan fingerprint density at radius 2 is 1.45 bits per heavy atom. The molecule has 0 radical (unpaired) electrons. The van der Waals surface area contributed by atoms with Gasteiger partial charge in [0.25, 0.3) is 0 Å². The minimum Gasteiger partial charge on any atom is -1.00 e. The normalized spacial score (nSPS) is 12.5. The number of benzene rings is 1. The number of hydrogen-bond donors (Lipinski definition) is 1. The first-order valence-electron chi connectivity index (χ1n) is 8.13. The van der Waals surface area contributed by atoms with E-state index in [-0.39, 0.29) is 12.4 Å². The maximum Gasteiger partial charge on any atom is 0.140 e. The number of hydrogen-bond acceptors (Lipinski definition) is 2. The number of hydroxylamine groups is 2. The quantitative estimate of drug-likeness (QED) is 0.481. The van der Waals surface area contributed by atoms with Crippen LogP contribution in [0.3, 0.4) is 0 Å². The SMILES string of the molecule is CC(C)CC(CC(C)C)[NH+](C)OCCOc1ccccc1.[Cl-]. The lowest BCUT2D eigenvalue weighted by molar-refractivity contribution is -1.10. The predicted octanol–water partition coefficient (Wildman–Crippen LogP) is -0.0235. The van der Waals surface area contributed by atoms with E-state index >= 15 is 0 Å². The van der Waals surface area contributed by atoms with Gasteiger partial charge in [0.1, 0.15) is 25.0 Å². The highest BCUT2D eigenvalue weighted by Gasteiger charge is 2.22. The first-order chi connectivity index (χ1) is 9.99. The number of halogens is 1. The second-order valence-corrected chi connectivity index (χ2v) is 6.58. The van der Waals surface area contributed by atoms with E-state index in [1.807, 2.05) is 30.3 Å². The smallest absolute Gasteiger partial charge is 0.140 e. The Morgan fingerprint density at radius 3 is 1.95 bits per heavy atom. The van der Waals surface area contributed by atoms with Crippen LogP contribution in [0.2, 0.25) is 0 Å². The third-order valence-corrected chi connectivity index (χ3v) is 3.51. The van der Waals surface area contributed by atoms with Crippen molar-refractivity contribution in [1.29, 1.82) is 0 Å². The van der Waals surface area contributed by atoms with Crippen LogP contribution in [-0.2, 0) is 4.84 Å². The molecule has 1 aromatic rings. The van der Waals surface area contributed by atoms with Gasteiger partial charge in [-0.25, -0.2) is 4.84 Å². The number of ether oxygens (including phenoxy) is 1. The number of quaternary nitrogens is 1. The lowest BCUT2D eigenvalue weighted by atomic mass is 9.96. The standard InChI is InChI=1S/C18H31NO2.ClH/c1-15(2)13-17(14-16(3)4)19(5)21-12-11-20-18-9-7-6-8-10-18;/h6-10,15-17H,11-14H2,1-5H3;1H. The summed E-state index contributed by atoms with van der Waals surface area (Å²) < 4.78 is 5.66. The topological polar surface area (TPSA) is 22.9 Å². The molecule has 1 rings (SSSR count). The number of nitrogens with one attached hydrogen (secondary N) is 1. The maximum absolute atomic E-state index is 5.92. The zero-order valence-corrected chi connectivity index (χ0v) is 15.4.